The lowest BCUT2D eigenvalue weighted by atomic mass is 10.1. The van der Waals surface area contributed by atoms with Crippen LogP contribution in [0.1, 0.15) is 19.5 Å². The second-order valence-corrected chi connectivity index (χ2v) is 8.35. The molecule has 4 aromatic rings. The number of H-pyrrole nitrogens is 1. The van der Waals surface area contributed by atoms with E-state index < -0.39 is 0 Å². The molecule has 1 fully saturated rings. The molecule has 0 spiro atoms. The first-order valence-electron chi connectivity index (χ1n) is 10.8. The summed E-state index contributed by atoms with van der Waals surface area (Å²) in [4.78, 5) is 23.2. The molecule has 0 aliphatic carbocycles. The lowest BCUT2D eigenvalue weighted by Crippen LogP contribution is -2.54. The summed E-state index contributed by atoms with van der Waals surface area (Å²) in [6, 6.07) is 8.91. The third-order valence-corrected chi connectivity index (χ3v) is 5.72. The number of rotatable bonds is 5. The molecule has 0 amide bonds. The second kappa shape index (κ2) is 8.43. The normalized spacial score (nSPS) is 18.8. The van der Waals surface area contributed by atoms with Crippen molar-refractivity contribution in [3.8, 4) is 11.1 Å². The first-order chi connectivity index (χ1) is 15.6. The summed E-state index contributed by atoms with van der Waals surface area (Å²) in [6.07, 6.45) is 7.05. The molecule has 4 aromatic heterocycles. The van der Waals surface area contributed by atoms with Crippen LogP contribution >= 0.6 is 0 Å². The van der Waals surface area contributed by atoms with E-state index in [1.54, 1.807) is 12.5 Å². The van der Waals surface area contributed by atoms with E-state index in [9.17, 15) is 0 Å². The van der Waals surface area contributed by atoms with Gasteiger partial charge in [0.05, 0.1) is 17.6 Å². The van der Waals surface area contributed by atoms with Crippen LogP contribution in [0.4, 0.5) is 17.3 Å². The van der Waals surface area contributed by atoms with Crippen molar-refractivity contribution >= 4 is 28.4 Å². The number of fused-ring (bicyclic) bond motifs is 1. The van der Waals surface area contributed by atoms with E-state index in [0.717, 1.165) is 46.8 Å². The van der Waals surface area contributed by atoms with Crippen molar-refractivity contribution in [2.45, 2.75) is 32.5 Å². The molecule has 5 rings (SSSR count). The monoisotopic (exact) mass is 429 g/mol. The Morgan fingerprint density at radius 3 is 2.69 bits per heavy atom. The molecule has 5 N–H and O–H groups in total. The van der Waals surface area contributed by atoms with E-state index in [0.29, 0.717) is 24.4 Å². The Kier molecular flexibility index (Phi) is 5.32. The average molecular weight is 430 g/mol. The lowest BCUT2D eigenvalue weighted by Gasteiger charge is -2.37. The van der Waals surface area contributed by atoms with Gasteiger partial charge in [0.2, 0.25) is 0 Å². The van der Waals surface area contributed by atoms with Crippen LogP contribution in [0.2, 0.25) is 0 Å². The van der Waals surface area contributed by atoms with E-state index in [-0.39, 0.29) is 0 Å². The molecular formula is C23H27N9. The van der Waals surface area contributed by atoms with Crippen molar-refractivity contribution in [1.29, 1.82) is 0 Å². The number of hydrogen-bond donors (Lipinski definition) is 4. The first kappa shape index (κ1) is 20.2. The summed E-state index contributed by atoms with van der Waals surface area (Å²) in [5.41, 5.74) is 10.7. The molecular weight excluding hydrogens is 402 g/mol. The molecule has 0 saturated carbocycles. The Morgan fingerprint density at radius 1 is 1.06 bits per heavy atom. The quantitative estimate of drug-likeness (QED) is 0.382. The number of hydrogen-bond acceptors (Lipinski definition) is 8. The number of nitrogens with two attached hydrogens (primary N) is 1. The number of nitrogen functional groups attached to an aromatic ring is 1. The number of anilines is 3. The first-order valence-corrected chi connectivity index (χ1v) is 10.8. The fourth-order valence-electron chi connectivity index (χ4n) is 4.41. The van der Waals surface area contributed by atoms with Crippen molar-refractivity contribution in [1.82, 2.24) is 30.2 Å². The van der Waals surface area contributed by atoms with E-state index in [2.05, 4.69) is 66.4 Å². The van der Waals surface area contributed by atoms with Gasteiger partial charge in [-0.3, -0.25) is 4.98 Å². The number of nitrogens with zero attached hydrogens (tertiary/aromatic N) is 5. The van der Waals surface area contributed by atoms with Gasteiger partial charge in [0.25, 0.3) is 0 Å². The Bertz CT molecular complexity index is 1230. The maximum Gasteiger partial charge on any atom is 0.143 e. The number of aromatic amines is 1. The number of nitrogens with one attached hydrogen (secondary N) is 3. The van der Waals surface area contributed by atoms with E-state index in [1.807, 2.05) is 24.5 Å². The Hall–Kier alpha value is -3.72. The van der Waals surface area contributed by atoms with Crippen LogP contribution in [0.15, 0.2) is 49.2 Å². The number of aromatic nitrogens is 5. The second-order valence-electron chi connectivity index (χ2n) is 8.35. The standard InChI is InChI=1S/C23H27N9/c1-14-11-32(12-15(2)31-14)18-4-6-25-17(8-18)9-27-22-21-19(10-28-23(21)30-13-29-22)16-3-5-26-20(24)7-16/h3-8,10,13-15,31H,9,11-12H2,1-2H3,(H2,24,26)(H2,27,28,29,30)/t14-,15+. The Morgan fingerprint density at radius 2 is 1.88 bits per heavy atom. The zero-order valence-electron chi connectivity index (χ0n) is 18.2. The topological polar surface area (TPSA) is 121 Å². The molecule has 1 aliphatic rings. The average Bonchev–Trinajstić information content (AvgIpc) is 3.22. The van der Waals surface area contributed by atoms with Crippen LogP contribution in [-0.2, 0) is 6.54 Å². The van der Waals surface area contributed by atoms with Crippen LogP contribution in [0.5, 0.6) is 0 Å². The smallest absolute Gasteiger partial charge is 0.143 e. The van der Waals surface area contributed by atoms with E-state index in [4.69, 9.17) is 5.73 Å². The van der Waals surface area contributed by atoms with Crippen molar-refractivity contribution in [2.75, 3.05) is 29.0 Å². The van der Waals surface area contributed by atoms with Crippen LogP contribution in [0.3, 0.4) is 0 Å². The molecule has 0 radical (unpaired) electrons. The molecule has 9 heteroatoms. The zero-order chi connectivity index (χ0) is 22.1. The predicted octanol–water partition coefficient (Wildman–Crippen LogP) is 2.80. The van der Waals surface area contributed by atoms with Gasteiger partial charge in [0, 0.05) is 55.0 Å². The minimum atomic E-state index is 0.456. The Balaban J connectivity index is 1.40. The molecule has 164 valence electrons. The summed E-state index contributed by atoms with van der Waals surface area (Å²) in [5.74, 6) is 1.22. The number of pyridine rings is 2. The fraction of sp³-hybridized carbons (Fsp3) is 0.304. The summed E-state index contributed by atoms with van der Waals surface area (Å²) in [6.45, 7) is 6.96. The van der Waals surface area contributed by atoms with Gasteiger partial charge in [-0.2, -0.15) is 0 Å². The minimum absolute atomic E-state index is 0.456. The highest BCUT2D eigenvalue weighted by Crippen LogP contribution is 2.32. The molecule has 1 aliphatic heterocycles. The maximum atomic E-state index is 5.89. The number of piperazine rings is 1. The zero-order valence-corrected chi connectivity index (χ0v) is 18.2. The van der Waals surface area contributed by atoms with Gasteiger partial charge < -0.3 is 26.3 Å². The van der Waals surface area contributed by atoms with Gasteiger partial charge in [-0.15, -0.1) is 0 Å². The molecule has 1 saturated heterocycles. The van der Waals surface area contributed by atoms with Gasteiger partial charge in [-0.1, -0.05) is 0 Å². The van der Waals surface area contributed by atoms with Gasteiger partial charge in [0.1, 0.15) is 23.6 Å². The Labute approximate surface area is 186 Å². The lowest BCUT2D eigenvalue weighted by molar-refractivity contribution is 0.407. The molecule has 0 unspecified atom stereocenters. The van der Waals surface area contributed by atoms with Crippen molar-refractivity contribution in [2.24, 2.45) is 0 Å². The van der Waals surface area contributed by atoms with Crippen LogP contribution in [0.25, 0.3) is 22.2 Å². The molecule has 2 atom stereocenters. The van der Waals surface area contributed by atoms with Gasteiger partial charge in [0.15, 0.2) is 0 Å². The third kappa shape index (κ3) is 4.06. The molecule has 32 heavy (non-hydrogen) atoms. The van der Waals surface area contributed by atoms with Crippen LogP contribution in [-0.4, -0.2) is 50.1 Å². The summed E-state index contributed by atoms with van der Waals surface area (Å²) in [5, 5.41) is 7.95. The van der Waals surface area contributed by atoms with Crippen LogP contribution in [0, 0.1) is 0 Å². The molecule has 0 aromatic carbocycles. The predicted molar refractivity (Wildman–Crippen MR) is 127 cm³/mol. The summed E-state index contributed by atoms with van der Waals surface area (Å²) >= 11 is 0. The van der Waals surface area contributed by atoms with Gasteiger partial charge in [-0.25, -0.2) is 15.0 Å². The van der Waals surface area contributed by atoms with Crippen molar-refractivity contribution in [3.63, 3.8) is 0 Å². The molecule has 0 bridgehead atoms. The maximum absolute atomic E-state index is 5.89. The SMILES string of the molecule is C[C@@H]1CN(c2ccnc(CNc3ncnc4[nH]cc(-c5ccnc(N)c5)c34)c2)C[C@H](C)N1. The van der Waals surface area contributed by atoms with E-state index in [1.165, 1.54) is 5.69 Å². The van der Waals surface area contributed by atoms with Gasteiger partial charge in [-0.05, 0) is 43.7 Å². The van der Waals surface area contributed by atoms with Crippen LogP contribution < -0.4 is 21.3 Å². The highest BCUT2D eigenvalue weighted by Gasteiger charge is 2.21. The highest BCUT2D eigenvalue weighted by atomic mass is 15.2. The van der Waals surface area contributed by atoms with Crippen molar-refractivity contribution < 1.29 is 0 Å². The summed E-state index contributed by atoms with van der Waals surface area (Å²) < 4.78 is 0. The van der Waals surface area contributed by atoms with Gasteiger partial charge >= 0.3 is 0 Å². The molecule has 5 heterocycles. The highest BCUT2D eigenvalue weighted by molar-refractivity contribution is 6.01. The largest absolute Gasteiger partial charge is 0.384 e. The minimum Gasteiger partial charge on any atom is -0.384 e. The summed E-state index contributed by atoms with van der Waals surface area (Å²) in [7, 11) is 0. The molecule has 9 nitrogen and oxygen atoms in total. The third-order valence-electron chi connectivity index (χ3n) is 5.72. The van der Waals surface area contributed by atoms with Crippen molar-refractivity contribution in [3.05, 3.63) is 54.9 Å². The van der Waals surface area contributed by atoms with E-state index >= 15 is 0 Å². The fourth-order valence-corrected chi connectivity index (χ4v) is 4.41.